The summed E-state index contributed by atoms with van der Waals surface area (Å²) in [4.78, 5) is 73.0. The van der Waals surface area contributed by atoms with Crippen molar-refractivity contribution in [3.8, 4) is 0 Å². The number of hydrogen-bond donors (Lipinski definition) is 3. The lowest BCUT2D eigenvalue weighted by molar-refractivity contribution is -0.161. The molecule has 0 spiro atoms. The van der Waals surface area contributed by atoms with Gasteiger partial charge in [-0.05, 0) is 37.5 Å². The topological polar surface area (TPSA) is 237 Å². The van der Waals surface area contributed by atoms with Crippen LogP contribution in [0.5, 0.6) is 0 Å². The number of carbonyl (C=O) groups is 4. The van der Waals surface area contributed by atoms with Gasteiger partial charge in [0.15, 0.2) is 12.2 Å². The van der Waals surface area contributed by atoms with Gasteiger partial charge in [0.05, 0.1) is 26.4 Å². The monoisotopic (exact) mass is 1450 g/mol. The van der Waals surface area contributed by atoms with E-state index in [4.69, 9.17) is 37.0 Å². The van der Waals surface area contributed by atoms with Crippen molar-refractivity contribution in [1.29, 1.82) is 0 Å². The standard InChI is InChI=1S/C80H156O17P2/c1-7-10-12-14-16-18-20-21-22-23-24-25-26-27-28-29-32-40-46-52-58-64-79(84)96-76(69-91-78(83)63-57-51-45-39-33-30-31-36-42-48-54-60-72(4)5)71-95-99(88,89)93-67-74(81)66-92-98(86,87)94-70-75(68-90-77(82)62-56-50-44-38-19-17-15-13-11-8-2)97-80(85)65-59-53-47-41-35-34-37-43-49-55-61-73(6)9-3/h72-76,81H,7-71H2,1-6H3,(H,86,87)(H,88,89)/t73?,74-,75+,76+/m0/s1. The van der Waals surface area contributed by atoms with E-state index in [2.05, 4.69) is 41.5 Å². The van der Waals surface area contributed by atoms with E-state index < -0.39 is 97.5 Å². The Morgan fingerprint density at radius 3 is 0.768 bits per heavy atom. The summed E-state index contributed by atoms with van der Waals surface area (Å²) >= 11 is 0. The fourth-order valence-corrected chi connectivity index (χ4v) is 13.9. The average Bonchev–Trinajstić information content (AvgIpc) is 0.947. The van der Waals surface area contributed by atoms with Gasteiger partial charge < -0.3 is 33.8 Å². The molecule has 0 aliphatic rings. The first kappa shape index (κ1) is 97.1. The largest absolute Gasteiger partial charge is 0.472 e. The summed E-state index contributed by atoms with van der Waals surface area (Å²) in [7, 11) is -9.92. The first-order chi connectivity index (χ1) is 47.9. The van der Waals surface area contributed by atoms with Crippen molar-refractivity contribution in [2.24, 2.45) is 11.8 Å². The molecule has 0 bridgehead atoms. The number of unbranched alkanes of at least 4 members (excludes halogenated alkanes) is 48. The van der Waals surface area contributed by atoms with Crippen LogP contribution >= 0.6 is 15.6 Å². The van der Waals surface area contributed by atoms with Gasteiger partial charge in [-0.15, -0.1) is 0 Å². The van der Waals surface area contributed by atoms with Gasteiger partial charge in [-0.2, -0.15) is 0 Å². The smallest absolute Gasteiger partial charge is 0.462 e. The summed E-state index contributed by atoms with van der Waals surface area (Å²) in [5.41, 5.74) is 0. The summed E-state index contributed by atoms with van der Waals surface area (Å²) < 4.78 is 68.7. The van der Waals surface area contributed by atoms with Crippen LogP contribution in [-0.2, 0) is 65.4 Å². The number of aliphatic hydroxyl groups excluding tert-OH is 1. The highest BCUT2D eigenvalue weighted by atomic mass is 31.2. The van der Waals surface area contributed by atoms with Gasteiger partial charge in [0.1, 0.15) is 19.3 Å². The third-order valence-electron chi connectivity index (χ3n) is 19.1. The quantitative estimate of drug-likeness (QED) is 0.0222. The number of carbonyl (C=O) groups excluding carboxylic acids is 4. The van der Waals surface area contributed by atoms with E-state index in [1.165, 1.54) is 238 Å². The molecule has 19 heteroatoms. The number of phosphoric ester groups is 2. The van der Waals surface area contributed by atoms with Crippen LogP contribution < -0.4 is 0 Å². The maximum absolute atomic E-state index is 13.1. The van der Waals surface area contributed by atoms with Gasteiger partial charge in [0.2, 0.25) is 0 Å². The number of phosphoric acid groups is 2. The molecular formula is C80H156O17P2. The van der Waals surface area contributed by atoms with Crippen LogP contribution in [0.1, 0.15) is 420 Å². The fourth-order valence-electron chi connectivity index (χ4n) is 12.3. The molecule has 0 heterocycles. The molecular weight excluding hydrogens is 1290 g/mol. The summed E-state index contributed by atoms with van der Waals surface area (Å²) in [6.07, 6.45) is 61.0. The molecule has 0 saturated carbocycles. The molecule has 0 fully saturated rings. The van der Waals surface area contributed by atoms with Crippen molar-refractivity contribution in [2.75, 3.05) is 39.6 Å². The minimum atomic E-state index is -4.96. The van der Waals surface area contributed by atoms with Crippen molar-refractivity contribution in [3.63, 3.8) is 0 Å². The highest BCUT2D eigenvalue weighted by molar-refractivity contribution is 7.47. The van der Waals surface area contributed by atoms with E-state index in [0.717, 1.165) is 102 Å². The molecule has 588 valence electrons. The Hall–Kier alpha value is -1.94. The number of esters is 4. The molecule has 0 saturated heterocycles. The van der Waals surface area contributed by atoms with E-state index in [9.17, 15) is 43.2 Å². The fraction of sp³-hybridized carbons (Fsp3) is 0.950. The molecule has 3 N–H and O–H groups in total. The maximum Gasteiger partial charge on any atom is 0.472 e. The predicted octanol–water partition coefficient (Wildman–Crippen LogP) is 23.9. The van der Waals surface area contributed by atoms with Crippen LogP contribution in [0.4, 0.5) is 0 Å². The van der Waals surface area contributed by atoms with E-state index in [0.29, 0.717) is 25.7 Å². The minimum absolute atomic E-state index is 0.107. The number of hydrogen-bond acceptors (Lipinski definition) is 15. The molecule has 0 radical (unpaired) electrons. The maximum atomic E-state index is 13.1. The molecule has 0 aliphatic heterocycles. The Bertz CT molecular complexity index is 1910. The van der Waals surface area contributed by atoms with E-state index in [-0.39, 0.29) is 25.7 Å². The molecule has 17 nitrogen and oxygen atoms in total. The molecule has 0 aromatic rings. The first-order valence-corrected chi connectivity index (χ1v) is 44.5. The number of rotatable bonds is 79. The SMILES string of the molecule is CCCCCCCCCCCCCCCCCCCCCCCC(=O)O[C@H](COC(=O)CCCCCCCCCCCCCC(C)C)COP(=O)(O)OC[C@@H](O)COP(=O)(O)OC[C@@H](COC(=O)CCCCCCCCCCCC)OC(=O)CCCCCCCCCCCCC(C)CC. The molecule has 0 aromatic carbocycles. The lowest BCUT2D eigenvalue weighted by Crippen LogP contribution is -2.30. The van der Waals surface area contributed by atoms with Crippen LogP contribution in [0.25, 0.3) is 0 Å². The van der Waals surface area contributed by atoms with Gasteiger partial charge >= 0.3 is 39.5 Å². The first-order valence-electron chi connectivity index (χ1n) is 41.5. The lowest BCUT2D eigenvalue weighted by atomic mass is 9.99. The van der Waals surface area contributed by atoms with Crippen molar-refractivity contribution in [3.05, 3.63) is 0 Å². The Kier molecular flexibility index (Phi) is 70.3. The van der Waals surface area contributed by atoms with Gasteiger partial charge in [-0.1, -0.05) is 369 Å². The zero-order chi connectivity index (χ0) is 72.8. The Morgan fingerprint density at radius 1 is 0.293 bits per heavy atom. The Morgan fingerprint density at radius 2 is 0.515 bits per heavy atom. The van der Waals surface area contributed by atoms with Crippen LogP contribution in [0.15, 0.2) is 0 Å². The number of ether oxygens (including phenoxy) is 4. The van der Waals surface area contributed by atoms with E-state index in [1.54, 1.807) is 0 Å². The second kappa shape index (κ2) is 71.7. The summed E-state index contributed by atoms with van der Waals surface area (Å²) in [6, 6.07) is 0. The van der Waals surface area contributed by atoms with Gasteiger partial charge in [-0.3, -0.25) is 37.3 Å². The van der Waals surface area contributed by atoms with Gasteiger partial charge in [0.25, 0.3) is 0 Å². The third kappa shape index (κ3) is 72.8. The van der Waals surface area contributed by atoms with Gasteiger partial charge in [0, 0.05) is 25.7 Å². The Balaban J connectivity index is 5.22. The Labute approximate surface area is 607 Å². The molecule has 0 aliphatic carbocycles. The molecule has 0 rings (SSSR count). The third-order valence-corrected chi connectivity index (χ3v) is 21.0. The van der Waals surface area contributed by atoms with E-state index in [1.807, 2.05) is 0 Å². The lowest BCUT2D eigenvalue weighted by Gasteiger charge is -2.21. The molecule has 3 unspecified atom stereocenters. The summed E-state index contributed by atoms with van der Waals surface area (Å²) in [6.45, 7) is 9.64. The second-order valence-electron chi connectivity index (χ2n) is 29.5. The zero-order valence-electron chi connectivity index (χ0n) is 64.8. The number of aliphatic hydroxyl groups is 1. The summed E-state index contributed by atoms with van der Waals surface area (Å²) in [5.74, 6) is -0.537. The molecule has 6 atom stereocenters. The van der Waals surface area contributed by atoms with Crippen LogP contribution in [0, 0.1) is 11.8 Å². The van der Waals surface area contributed by atoms with Crippen LogP contribution in [-0.4, -0.2) is 96.7 Å². The zero-order valence-corrected chi connectivity index (χ0v) is 66.6. The highest BCUT2D eigenvalue weighted by Crippen LogP contribution is 2.45. The molecule has 0 amide bonds. The normalized spacial score (nSPS) is 14.2. The van der Waals surface area contributed by atoms with Crippen molar-refractivity contribution in [1.82, 2.24) is 0 Å². The van der Waals surface area contributed by atoms with Crippen LogP contribution in [0.3, 0.4) is 0 Å². The average molecular weight is 1450 g/mol. The van der Waals surface area contributed by atoms with Crippen LogP contribution in [0.2, 0.25) is 0 Å². The predicted molar refractivity (Wildman–Crippen MR) is 405 cm³/mol. The molecule has 99 heavy (non-hydrogen) atoms. The molecule has 0 aromatic heterocycles. The van der Waals surface area contributed by atoms with E-state index >= 15 is 0 Å². The van der Waals surface area contributed by atoms with Gasteiger partial charge in [-0.25, -0.2) is 9.13 Å². The van der Waals surface area contributed by atoms with Crippen molar-refractivity contribution < 1.29 is 80.2 Å². The van der Waals surface area contributed by atoms with Crippen molar-refractivity contribution in [2.45, 2.75) is 439 Å². The highest BCUT2D eigenvalue weighted by Gasteiger charge is 2.30. The minimum Gasteiger partial charge on any atom is -0.462 e. The second-order valence-corrected chi connectivity index (χ2v) is 32.4. The summed E-state index contributed by atoms with van der Waals surface area (Å²) in [5, 5.41) is 10.6. The van der Waals surface area contributed by atoms with Crippen molar-refractivity contribution >= 4 is 39.5 Å².